The molecule has 1 aromatic heterocycles. The van der Waals surface area contributed by atoms with E-state index in [9.17, 15) is 9.90 Å². The summed E-state index contributed by atoms with van der Waals surface area (Å²) < 4.78 is 0. The number of aryl methyl sites for hydroxylation is 1. The summed E-state index contributed by atoms with van der Waals surface area (Å²) in [6, 6.07) is 3.66. The first kappa shape index (κ1) is 15.8. The number of aliphatic hydroxyl groups is 1. The van der Waals surface area contributed by atoms with Gasteiger partial charge in [0.25, 0.3) is 5.91 Å². The van der Waals surface area contributed by atoms with Gasteiger partial charge in [-0.3, -0.25) is 4.79 Å². The second-order valence-corrected chi connectivity index (χ2v) is 5.98. The van der Waals surface area contributed by atoms with Crippen LogP contribution in [0.3, 0.4) is 0 Å². The van der Waals surface area contributed by atoms with Gasteiger partial charge in [0.2, 0.25) is 0 Å². The van der Waals surface area contributed by atoms with Gasteiger partial charge in [-0.1, -0.05) is 6.92 Å². The van der Waals surface area contributed by atoms with Crippen LogP contribution >= 0.6 is 0 Å². The predicted octanol–water partition coefficient (Wildman–Crippen LogP) is 2.06. The fourth-order valence-electron chi connectivity index (χ4n) is 2.67. The van der Waals surface area contributed by atoms with Gasteiger partial charge in [-0.25, -0.2) is 4.98 Å². The summed E-state index contributed by atoms with van der Waals surface area (Å²) in [6.45, 7) is 5.18. The minimum absolute atomic E-state index is 0.0290. The van der Waals surface area contributed by atoms with Gasteiger partial charge in [-0.15, -0.1) is 0 Å². The van der Waals surface area contributed by atoms with E-state index in [1.165, 1.54) is 0 Å². The van der Waals surface area contributed by atoms with E-state index in [2.05, 4.69) is 10.3 Å². The summed E-state index contributed by atoms with van der Waals surface area (Å²) in [5, 5.41) is 13.1. The van der Waals surface area contributed by atoms with Crippen LogP contribution in [0.5, 0.6) is 0 Å². The van der Waals surface area contributed by atoms with E-state index in [0.29, 0.717) is 25.1 Å². The Kier molecular flexibility index (Phi) is 4.83. The zero-order valence-electron chi connectivity index (χ0n) is 13.1. The van der Waals surface area contributed by atoms with Crippen LogP contribution in [0.2, 0.25) is 0 Å². The van der Waals surface area contributed by atoms with Gasteiger partial charge in [0.15, 0.2) is 0 Å². The quantitative estimate of drug-likeness (QED) is 0.894. The summed E-state index contributed by atoms with van der Waals surface area (Å²) in [5.74, 6) is 0.751. The number of nitrogens with one attached hydrogen (secondary N) is 1. The molecule has 2 rings (SSSR count). The minimum Gasteiger partial charge on any atom is -0.390 e. The molecule has 1 aromatic rings. The van der Waals surface area contributed by atoms with Crippen molar-refractivity contribution in [3.63, 3.8) is 0 Å². The molecule has 116 valence electrons. The molecule has 1 amide bonds. The van der Waals surface area contributed by atoms with Gasteiger partial charge in [0.1, 0.15) is 5.82 Å². The first-order valence-corrected chi connectivity index (χ1v) is 7.65. The number of anilines is 1. The second kappa shape index (κ2) is 6.43. The third-order valence-electron chi connectivity index (χ3n) is 4.09. The lowest BCUT2D eigenvalue weighted by molar-refractivity contribution is 0.0438. The van der Waals surface area contributed by atoms with E-state index in [0.717, 1.165) is 30.8 Å². The maximum Gasteiger partial charge on any atom is 0.254 e. The monoisotopic (exact) mass is 291 g/mol. The third-order valence-corrected chi connectivity index (χ3v) is 4.09. The number of hydrogen-bond donors (Lipinski definition) is 2. The van der Waals surface area contributed by atoms with E-state index in [-0.39, 0.29) is 5.91 Å². The Labute approximate surface area is 126 Å². The van der Waals surface area contributed by atoms with Crippen LogP contribution in [0.1, 0.15) is 49.2 Å². The van der Waals surface area contributed by atoms with Crippen LogP contribution in [0.15, 0.2) is 12.1 Å². The molecule has 0 bridgehead atoms. The van der Waals surface area contributed by atoms with Gasteiger partial charge in [0, 0.05) is 31.4 Å². The van der Waals surface area contributed by atoms with Crippen molar-refractivity contribution in [1.29, 1.82) is 0 Å². The van der Waals surface area contributed by atoms with E-state index < -0.39 is 5.60 Å². The van der Waals surface area contributed by atoms with Gasteiger partial charge < -0.3 is 15.3 Å². The molecule has 1 fully saturated rings. The lowest BCUT2D eigenvalue weighted by Crippen LogP contribution is -2.33. The number of pyridine rings is 1. The molecule has 2 N–H and O–H groups in total. The lowest BCUT2D eigenvalue weighted by atomic mass is 9.98. The van der Waals surface area contributed by atoms with Crippen molar-refractivity contribution < 1.29 is 9.90 Å². The van der Waals surface area contributed by atoms with Gasteiger partial charge >= 0.3 is 0 Å². The summed E-state index contributed by atoms with van der Waals surface area (Å²) in [4.78, 5) is 18.9. The number of hydrogen-bond acceptors (Lipinski definition) is 4. The molecule has 0 saturated carbocycles. The van der Waals surface area contributed by atoms with Gasteiger partial charge in [-0.2, -0.15) is 0 Å². The Bertz CT molecular complexity index is 492. The topological polar surface area (TPSA) is 65.5 Å². The highest BCUT2D eigenvalue weighted by molar-refractivity contribution is 5.95. The number of rotatable bonds is 3. The molecule has 1 atom stereocenters. The Morgan fingerprint density at radius 3 is 2.86 bits per heavy atom. The molecule has 2 heterocycles. The van der Waals surface area contributed by atoms with Crippen LogP contribution in [0, 0.1) is 0 Å². The molecule has 21 heavy (non-hydrogen) atoms. The normalized spacial score (nSPS) is 22.8. The smallest absolute Gasteiger partial charge is 0.254 e. The molecular formula is C16H25N3O2. The Morgan fingerprint density at radius 2 is 2.19 bits per heavy atom. The molecule has 5 nitrogen and oxygen atoms in total. The van der Waals surface area contributed by atoms with Crippen LogP contribution in [-0.4, -0.2) is 46.6 Å². The van der Waals surface area contributed by atoms with Crippen LogP contribution in [0.4, 0.5) is 5.82 Å². The van der Waals surface area contributed by atoms with Crippen molar-refractivity contribution in [2.24, 2.45) is 0 Å². The summed E-state index contributed by atoms with van der Waals surface area (Å²) in [7, 11) is 1.80. The average molecular weight is 291 g/mol. The molecule has 1 unspecified atom stereocenters. The number of likely N-dealkylation sites (tertiary alicyclic amines) is 1. The maximum atomic E-state index is 12.7. The van der Waals surface area contributed by atoms with E-state index in [1.54, 1.807) is 13.1 Å². The number of aromatic nitrogens is 1. The Morgan fingerprint density at radius 1 is 1.43 bits per heavy atom. The number of carbonyl (C=O) groups is 1. The lowest BCUT2D eigenvalue weighted by Gasteiger charge is -2.23. The first-order chi connectivity index (χ1) is 9.95. The Balaban J connectivity index is 2.19. The van der Waals surface area contributed by atoms with Gasteiger partial charge in [0.05, 0.1) is 5.60 Å². The molecular weight excluding hydrogens is 266 g/mol. The third kappa shape index (κ3) is 3.94. The average Bonchev–Trinajstić information content (AvgIpc) is 2.66. The SMILES string of the molecule is CCc1cc(C(=O)N2CCCC(C)(O)CC2)cc(NC)n1. The predicted molar refractivity (Wildman–Crippen MR) is 83.5 cm³/mol. The highest BCUT2D eigenvalue weighted by Gasteiger charge is 2.27. The van der Waals surface area contributed by atoms with Crippen molar-refractivity contribution in [3.05, 3.63) is 23.4 Å². The molecule has 1 saturated heterocycles. The summed E-state index contributed by atoms with van der Waals surface area (Å²) >= 11 is 0. The first-order valence-electron chi connectivity index (χ1n) is 7.65. The zero-order chi connectivity index (χ0) is 15.5. The summed E-state index contributed by atoms with van der Waals surface area (Å²) in [5.41, 5.74) is 0.928. The minimum atomic E-state index is -0.655. The van der Waals surface area contributed by atoms with E-state index >= 15 is 0 Å². The second-order valence-electron chi connectivity index (χ2n) is 5.98. The standard InChI is InChI=1S/C16H25N3O2/c1-4-13-10-12(11-14(17-3)18-13)15(20)19-8-5-6-16(2,21)7-9-19/h10-11,21H,4-9H2,1-3H3,(H,17,18). The van der Waals surface area contributed by atoms with E-state index in [4.69, 9.17) is 0 Å². The molecule has 0 aromatic carbocycles. The molecule has 1 aliphatic rings. The van der Waals surface area contributed by atoms with Crippen LogP contribution < -0.4 is 5.32 Å². The van der Waals surface area contributed by atoms with Crippen molar-refractivity contribution in [2.45, 2.75) is 45.1 Å². The maximum absolute atomic E-state index is 12.7. The van der Waals surface area contributed by atoms with Crippen molar-refractivity contribution >= 4 is 11.7 Å². The largest absolute Gasteiger partial charge is 0.390 e. The molecule has 0 spiro atoms. The fraction of sp³-hybridized carbons (Fsp3) is 0.625. The fourth-order valence-corrected chi connectivity index (χ4v) is 2.67. The van der Waals surface area contributed by atoms with Gasteiger partial charge in [-0.05, 0) is 44.7 Å². The van der Waals surface area contributed by atoms with Crippen molar-refractivity contribution in [3.8, 4) is 0 Å². The zero-order valence-corrected chi connectivity index (χ0v) is 13.1. The molecule has 0 aliphatic carbocycles. The number of amides is 1. The molecule has 1 aliphatic heterocycles. The highest BCUT2D eigenvalue weighted by Crippen LogP contribution is 2.23. The molecule has 5 heteroatoms. The number of nitrogens with zero attached hydrogens (tertiary/aromatic N) is 2. The Hall–Kier alpha value is -1.62. The summed E-state index contributed by atoms with van der Waals surface area (Å²) in [6.07, 6.45) is 3.01. The van der Waals surface area contributed by atoms with Crippen molar-refractivity contribution in [1.82, 2.24) is 9.88 Å². The highest BCUT2D eigenvalue weighted by atomic mass is 16.3. The van der Waals surface area contributed by atoms with Crippen LogP contribution in [-0.2, 0) is 6.42 Å². The van der Waals surface area contributed by atoms with Crippen LogP contribution in [0.25, 0.3) is 0 Å². The van der Waals surface area contributed by atoms with E-state index in [1.807, 2.05) is 24.8 Å². The number of carbonyl (C=O) groups excluding carboxylic acids is 1. The molecule has 0 radical (unpaired) electrons. The van der Waals surface area contributed by atoms with Crippen molar-refractivity contribution in [2.75, 3.05) is 25.5 Å².